The zero-order valence-corrected chi connectivity index (χ0v) is 16.1. The normalized spacial score (nSPS) is 11.9. The standard InChI is InChI=1S/C17H27F2N7O/c1-5-20-15-23-10(7-8-17(3,4)27)12-13(25-15)14(22-9-11(18)19)26-16(24-12)21-6-2/h11,27H,5-9H2,1-4H3,(H,20,23,25)(H2,21,22,24,26). The summed E-state index contributed by atoms with van der Waals surface area (Å²) in [5, 5.41) is 18.7. The number of halogens is 2. The predicted molar refractivity (Wildman–Crippen MR) is 103 cm³/mol. The third-order valence-electron chi connectivity index (χ3n) is 3.68. The molecule has 0 spiro atoms. The quantitative estimate of drug-likeness (QED) is 0.496. The van der Waals surface area contributed by atoms with Gasteiger partial charge in [-0.15, -0.1) is 0 Å². The fourth-order valence-corrected chi connectivity index (χ4v) is 2.44. The number of anilines is 3. The van der Waals surface area contributed by atoms with E-state index in [2.05, 4.69) is 35.9 Å². The van der Waals surface area contributed by atoms with Gasteiger partial charge < -0.3 is 21.1 Å². The van der Waals surface area contributed by atoms with Crippen LogP contribution < -0.4 is 16.0 Å². The highest BCUT2D eigenvalue weighted by molar-refractivity contribution is 5.88. The lowest BCUT2D eigenvalue weighted by Crippen LogP contribution is -2.20. The first-order valence-corrected chi connectivity index (χ1v) is 9.04. The molecule has 0 saturated carbocycles. The fraction of sp³-hybridized carbons (Fsp3) is 0.647. The minimum atomic E-state index is -2.53. The molecule has 8 nitrogen and oxygen atoms in total. The molecule has 0 atom stereocenters. The van der Waals surface area contributed by atoms with Crippen molar-refractivity contribution in [1.29, 1.82) is 0 Å². The van der Waals surface area contributed by atoms with Crippen molar-refractivity contribution in [2.24, 2.45) is 0 Å². The molecule has 0 bridgehead atoms. The third kappa shape index (κ3) is 6.09. The minimum Gasteiger partial charge on any atom is -0.390 e. The smallest absolute Gasteiger partial charge is 0.255 e. The van der Waals surface area contributed by atoms with Crippen LogP contribution in [0, 0.1) is 0 Å². The Balaban J connectivity index is 2.58. The maximum atomic E-state index is 12.7. The van der Waals surface area contributed by atoms with Gasteiger partial charge in [0.1, 0.15) is 11.0 Å². The van der Waals surface area contributed by atoms with Crippen LogP contribution in [0.3, 0.4) is 0 Å². The molecule has 10 heteroatoms. The van der Waals surface area contributed by atoms with Gasteiger partial charge in [0.25, 0.3) is 6.43 Å². The molecule has 150 valence electrons. The lowest BCUT2D eigenvalue weighted by molar-refractivity contribution is 0.0712. The number of alkyl halides is 2. The maximum absolute atomic E-state index is 12.7. The van der Waals surface area contributed by atoms with Crippen molar-refractivity contribution < 1.29 is 13.9 Å². The van der Waals surface area contributed by atoms with Crippen molar-refractivity contribution in [3.05, 3.63) is 5.69 Å². The molecule has 0 unspecified atom stereocenters. The lowest BCUT2D eigenvalue weighted by Gasteiger charge is -2.18. The summed E-state index contributed by atoms with van der Waals surface area (Å²) in [4.78, 5) is 17.7. The maximum Gasteiger partial charge on any atom is 0.255 e. The molecular weight excluding hydrogens is 356 g/mol. The fourth-order valence-electron chi connectivity index (χ4n) is 2.44. The molecule has 0 amide bonds. The van der Waals surface area contributed by atoms with Crippen LogP contribution in [0.2, 0.25) is 0 Å². The Morgan fingerprint density at radius 3 is 2.07 bits per heavy atom. The van der Waals surface area contributed by atoms with Gasteiger partial charge in [0, 0.05) is 13.1 Å². The van der Waals surface area contributed by atoms with Crippen molar-refractivity contribution >= 4 is 28.7 Å². The van der Waals surface area contributed by atoms with Gasteiger partial charge in [0.2, 0.25) is 11.9 Å². The van der Waals surface area contributed by atoms with Gasteiger partial charge >= 0.3 is 0 Å². The number of aliphatic hydroxyl groups is 1. The Morgan fingerprint density at radius 1 is 0.926 bits per heavy atom. The second kappa shape index (κ2) is 9.03. The second-order valence-corrected chi connectivity index (χ2v) is 6.73. The number of nitrogens with one attached hydrogen (secondary N) is 3. The van der Waals surface area contributed by atoms with E-state index in [-0.39, 0.29) is 5.82 Å². The van der Waals surface area contributed by atoms with Gasteiger partial charge in [-0.1, -0.05) is 0 Å². The molecule has 2 aromatic rings. The molecule has 2 aromatic heterocycles. The molecule has 0 radical (unpaired) electrons. The molecule has 0 aromatic carbocycles. The predicted octanol–water partition coefficient (Wildman–Crippen LogP) is 2.66. The number of fused-ring (bicyclic) bond motifs is 1. The third-order valence-corrected chi connectivity index (χ3v) is 3.68. The Hall–Kier alpha value is -2.36. The van der Waals surface area contributed by atoms with Crippen LogP contribution in [0.1, 0.15) is 39.8 Å². The largest absolute Gasteiger partial charge is 0.390 e. The molecular formula is C17H27F2N7O. The van der Waals surface area contributed by atoms with Gasteiger partial charge in [-0.2, -0.15) is 4.98 Å². The molecule has 0 aliphatic heterocycles. The topological polar surface area (TPSA) is 108 Å². The van der Waals surface area contributed by atoms with E-state index in [1.165, 1.54) is 0 Å². The van der Waals surface area contributed by atoms with Crippen LogP contribution in [-0.4, -0.2) is 56.7 Å². The van der Waals surface area contributed by atoms with Gasteiger partial charge in [-0.25, -0.2) is 23.7 Å². The molecule has 4 N–H and O–H groups in total. The van der Waals surface area contributed by atoms with E-state index < -0.39 is 18.6 Å². The summed E-state index contributed by atoms with van der Waals surface area (Å²) < 4.78 is 25.4. The zero-order valence-electron chi connectivity index (χ0n) is 16.1. The van der Waals surface area contributed by atoms with E-state index in [1.807, 2.05) is 13.8 Å². The Morgan fingerprint density at radius 2 is 1.52 bits per heavy atom. The Bertz CT molecular complexity index is 765. The summed E-state index contributed by atoms with van der Waals surface area (Å²) in [6, 6.07) is 0. The zero-order chi connectivity index (χ0) is 20.0. The highest BCUT2D eigenvalue weighted by Crippen LogP contribution is 2.26. The van der Waals surface area contributed by atoms with Crippen LogP contribution in [0.5, 0.6) is 0 Å². The van der Waals surface area contributed by atoms with Crippen molar-refractivity contribution in [3.63, 3.8) is 0 Å². The van der Waals surface area contributed by atoms with Crippen LogP contribution in [0.4, 0.5) is 26.5 Å². The summed E-state index contributed by atoms with van der Waals surface area (Å²) in [5.74, 6) is 0.907. The average Bonchev–Trinajstić information content (AvgIpc) is 2.58. The second-order valence-electron chi connectivity index (χ2n) is 6.73. The van der Waals surface area contributed by atoms with E-state index in [0.29, 0.717) is 54.6 Å². The van der Waals surface area contributed by atoms with Crippen molar-refractivity contribution in [3.8, 4) is 0 Å². The number of hydrogen-bond acceptors (Lipinski definition) is 8. The number of nitrogens with zero attached hydrogens (tertiary/aromatic N) is 4. The van der Waals surface area contributed by atoms with E-state index in [1.54, 1.807) is 13.8 Å². The summed E-state index contributed by atoms with van der Waals surface area (Å²) >= 11 is 0. The van der Waals surface area contributed by atoms with Crippen molar-refractivity contribution in [2.45, 2.75) is 52.6 Å². The number of rotatable bonds is 10. The van der Waals surface area contributed by atoms with Gasteiger partial charge in [0.05, 0.1) is 17.8 Å². The van der Waals surface area contributed by atoms with E-state index in [0.717, 1.165) is 0 Å². The van der Waals surface area contributed by atoms with Gasteiger partial charge in [-0.3, -0.25) is 0 Å². The average molecular weight is 383 g/mol. The number of hydrogen-bond donors (Lipinski definition) is 4. The van der Waals surface area contributed by atoms with Gasteiger partial charge in [-0.05, 0) is 40.5 Å². The summed E-state index contributed by atoms with van der Waals surface area (Å²) in [6.07, 6.45) is -1.61. The van der Waals surface area contributed by atoms with E-state index in [9.17, 15) is 13.9 Å². The summed E-state index contributed by atoms with van der Waals surface area (Å²) in [5.41, 5.74) is 0.599. The number of aryl methyl sites for hydroxylation is 1. The highest BCUT2D eigenvalue weighted by atomic mass is 19.3. The van der Waals surface area contributed by atoms with Crippen molar-refractivity contribution in [2.75, 3.05) is 35.6 Å². The first-order valence-electron chi connectivity index (χ1n) is 9.04. The lowest BCUT2D eigenvalue weighted by atomic mass is 10.0. The molecule has 0 fully saturated rings. The van der Waals surface area contributed by atoms with Crippen LogP contribution >= 0.6 is 0 Å². The van der Waals surface area contributed by atoms with Gasteiger partial charge in [0.15, 0.2) is 5.82 Å². The molecule has 2 rings (SSSR count). The van der Waals surface area contributed by atoms with Crippen LogP contribution in [0.15, 0.2) is 0 Å². The Kier molecular flexibility index (Phi) is 7.00. The first kappa shape index (κ1) is 20.9. The highest BCUT2D eigenvalue weighted by Gasteiger charge is 2.19. The van der Waals surface area contributed by atoms with Crippen molar-refractivity contribution in [1.82, 2.24) is 19.9 Å². The van der Waals surface area contributed by atoms with E-state index in [4.69, 9.17) is 0 Å². The number of aromatic nitrogens is 4. The minimum absolute atomic E-state index is 0.224. The monoisotopic (exact) mass is 383 g/mol. The summed E-state index contributed by atoms with van der Waals surface area (Å²) in [6.45, 7) is 7.87. The SMILES string of the molecule is CCNc1nc(NCC(F)F)c2nc(NCC)nc(CCC(C)(C)O)c2n1. The first-order chi connectivity index (χ1) is 12.7. The molecule has 0 aliphatic rings. The molecule has 27 heavy (non-hydrogen) atoms. The molecule has 2 heterocycles. The molecule has 0 saturated heterocycles. The summed E-state index contributed by atoms with van der Waals surface area (Å²) in [7, 11) is 0. The van der Waals surface area contributed by atoms with E-state index >= 15 is 0 Å². The Labute approximate surface area is 157 Å². The van der Waals surface area contributed by atoms with Crippen LogP contribution in [0.25, 0.3) is 11.0 Å². The molecule has 0 aliphatic carbocycles. The van der Waals surface area contributed by atoms with Crippen LogP contribution in [-0.2, 0) is 6.42 Å².